The van der Waals surface area contributed by atoms with Crippen LogP contribution in [0.4, 0.5) is 10.3 Å². The first kappa shape index (κ1) is 26.4. The van der Waals surface area contributed by atoms with E-state index in [-0.39, 0.29) is 28.3 Å². The van der Waals surface area contributed by atoms with Crippen LogP contribution < -0.4 is 9.46 Å². The summed E-state index contributed by atoms with van der Waals surface area (Å²) in [5, 5.41) is 7.03. The van der Waals surface area contributed by atoms with Crippen LogP contribution in [0, 0.1) is 12.7 Å². The van der Waals surface area contributed by atoms with Gasteiger partial charge >= 0.3 is 0 Å². The van der Waals surface area contributed by atoms with Gasteiger partial charge in [0.2, 0.25) is 21.9 Å². The average Bonchev–Trinajstić information content (AvgIpc) is 3.28. The summed E-state index contributed by atoms with van der Waals surface area (Å²) in [6.07, 6.45) is 2.16. The minimum Gasteiger partial charge on any atom is -0.481 e. The number of halogens is 2. The molecule has 0 bridgehead atoms. The summed E-state index contributed by atoms with van der Waals surface area (Å²) < 4.78 is 55.1. The number of hydrogen-bond donors (Lipinski definition) is 1. The van der Waals surface area contributed by atoms with E-state index < -0.39 is 27.2 Å². The minimum atomic E-state index is -4.16. The lowest BCUT2D eigenvalue weighted by Crippen LogP contribution is -2.33. The predicted octanol–water partition coefficient (Wildman–Crippen LogP) is 3.75. The molecule has 0 aliphatic rings. The molecule has 0 saturated heterocycles. The van der Waals surface area contributed by atoms with E-state index in [9.17, 15) is 12.8 Å². The zero-order valence-electron chi connectivity index (χ0n) is 20.3. The molecule has 0 aliphatic heterocycles. The van der Waals surface area contributed by atoms with E-state index in [2.05, 4.69) is 29.9 Å². The van der Waals surface area contributed by atoms with Crippen molar-refractivity contribution in [3.63, 3.8) is 0 Å². The molecule has 1 aromatic carbocycles. The number of methoxy groups -OCH3 is 2. The van der Waals surface area contributed by atoms with Crippen LogP contribution in [-0.4, -0.2) is 57.6 Å². The molecule has 3 aromatic heterocycles. The van der Waals surface area contributed by atoms with Gasteiger partial charge in [-0.25, -0.2) is 27.8 Å². The quantitative estimate of drug-likeness (QED) is 0.332. The van der Waals surface area contributed by atoms with Crippen molar-refractivity contribution in [2.24, 2.45) is 0 Å². The van der Waals surface area contributed by atoms with Crippen molar-refractivity contribution in [1.82, 2.24) is 29.7 Å². The topological polar surface area (TPSA) is 134 Å². The highest BCUT2D eigenvalue weighted by molar-refractivity contribution is 7.93. The summed E-state index contributed by atoms with van der Waals surface area (Å²) in [5.41, 5.74) is 1.35. The minimum absolute atomic E-state index is 0.000246. The van der Waals surface area contributed by atoms with Crippen molar-refractivity contribution in [1.29, 1.82) is 0 Å². The van der Waals surface area contributed by atoms with E-state index >= 15 is 0 Å². The highest BCUT2D eigenvalue weighted by Gasteiger charge is 2.34. The van der Waals surface area contributed by atoms with Gasteiger partial charge in [0, 0.05) is 25.6 Å². The Balaban J connectivity index is 1.79. The predicted molar refractivity (Wildman–Crippen MR) is 135 cm³/mol. The molecule has 11 nitrogen and oxygen atoms in total. The second kappa shape index (κ2) is 10.7. The Hall–Kier alpha value is -3.68. The number of nitrogens with one attached hydrogen (secondary N) is 1. The first-order valence-electron chi connectivity index (χ1n) is 10.9. The molecule has 0 saturated carbocycles. The van der Waals surface area contributed by atoms with E-state index in [4.69, 9.17) is 21.1 Å². The van der Waals surface area contributed by atoms with Gasteiger partial charge in [-0.05, 0) is 43.7 Å². The Kier molecular flexibility index (Phi) is 7.66. The van der Waals surface area contributed by atoms with Gasteiger partial charge in [-0.2, -0.15) is 0 Å². The molecule has 0 aliphatic carbocycles. The van der Waals surface area contributed by atoms with Crippen molar-refractivity contribution in [3.05, 3.63) is 71.0 Å². The molecule has 0 amide bonds. The highest BCUT2D eigenvalue weighted by Crippen LogP contribution is 2.32. The molecule has 0 spiro atoms. The maximum atomic E-state index is 13.8. The molecular formula is C23H23ClFN7O4S. The molecular weight excluding hydrogens is 525 g/mol. The lowest BCUT2D eigenvalue weighted by Gasteiger charge is -2.22. The number of aromatic nitrogens is 6. The fourth-order valence-corrected chi connectivity index (χ4v) is 4.88. The molecule has 2 unspecified atom stereocenters. The normalized spacial score (nSPS) is 13.2. The summed E-state index contributed by atoms with van der Waals surface area (Å²) >= 11 is 6.34. The molecule has 1 N–H and O–H groups in total. The summed E-state index contributed by atoms with van der Waals surface area (Å²) in [4.78, 5) is 12.8. The van der Waals surface area contributed by atoms with E-state index in [0.717, 1.165) is 11.6 Å². The van der Waals surface area contributed by atoms with Gasteiger partial charge in [-0.15, -0.1) is 10.2 Å². The van der Waals surface area contributed by atoms with Crippen molar-refractivity contribution >= 4 is 27.6 Å². The van der Waals surface area contributed by atoms with Crippen molar-refractivity contribution in [2.75, 3.05) is 18.9 Å². The van der Waals surface area contributed by atoms with Crippen LogP contribution >= 0.6 is 11.6 Å². The third-order valence-corrected chi connectivity index (χ3v) is 7.43. The maximum absolute atomic E-state index is 13.8. The number of rotatable bonds is 9. The van der Waals surface area contributed by atoms with Gasteiger partial charge in [-0.3, -0.25) is 9.29 Å². The van der Waals surface area contributed by atoms with Crippen molar-refractivity contribution in [3.8, 4) is 23.1 Å². The highest BCUT2D eigenvalue weighted by atomic mass is 35.5. The molecule has 14 heteroatoms. The molecule has 4 rings (SSSR count). The van der Waals surface area contributed by atoms with Crippen LogP contribution in [0.2, 0.25) is 5.02 Å². The Bertz CT molecular complexity index is 1520. The monoisotopic (exact) mass is 547 g/mol. The van der Waals surface area contributed by atoms with Crippen LogP contribution in [0.1, 0.15) is 24.4 Å². The van der Waals surface area contributed by atoms with Crippen molar-refractivity contribution < 1.29 is 22.3 Å². The third-order valence-electron chi connectivity index (χ3n) is 5.43. The molecule has 37 heavy (non-hydrogen) atoms. The van der Waals surface area contributed by atoms with E-state index in [1.807, 2.05) is 6.92 Å². The van der Waals surface area contributed by atoms with Gasteiger partial charge in [0.25, 0.3) is 0 Å². The fourth-order valence-electron chi connectivity index (χ4n) is 3.50. The number of sulfonamides is 1. The van der Waals surface area contributed by atoms with Gasteiger partial charge < -0.3 is 9.47 Å². The lowest BCUT2D eigenvalue weighted by molar-refractivity contribution is 0.0949. The standard InChI is InChI=1S/C23H23ClFN7O4S/c1-13-11-26-21(27-12-13)20(36-4)14(2)37(33,34)31-23-30-29-22(17-6-5-7-19(28-17)35-3)32(23)18-9-8-15(25)10-16(18)24/h5-12,14,20H,1-4H3,(H,30,31). The fraction of sp³-hybridized carbons (Fsp3) is 0.261. The molecule has 194 valence electrons. The molecule has 0 fully saturated rings. The van der Waals surface area contributed by atoms with Crippen LogP contribution in [0.5, 0.6) is 5.88 Å². The first-order valence-corrected chi connectivity index (χ1v) is 12.8. The van der Waals surface area contributed by atoms with Crippen LogP contribution in [0.3, 0.4) is 0 Å². The van der Waals surface area contributed by atoms with Gasteiger partial charge in [-0.1, -0.05) is 17.7 Å². The first-order chi connectivity index (χ1) is 17.6. The molecule has 0 radical (unpaired) electrons. The number of benzene rings is 1. The van der Waals surface area contributed by atoms with Crippen molar-refractivity contribution in [2.45, 2.75) is 25.2 Å². The Morgan fingerprint density at radius 3 is 2.49 bits per heavy atom. The summed E-state index contributed by atoms with van der Waals surface area (Å²) in [6, 6.07) is 8.61. The van der Waals surface area contributed by atoms with E-state index in [1.54, 1.807) is 30.6 Å². The van der Waals surface area contributed by atoms with Crippen LogP contribution in [0.25, 0.3) is 17.2 Å². The molecule has 3 heterocycles. The van der Waals surface area contributed by atoms with E-state index in [1.165, 1.54) is 37.8 Å². The zero-order chi connectivity index (χ0) is 26.7. The summed E-state index contributed by atoms with van der Waals surface area (Å²) in [7, 11) is -1.33. The second-order valence-electron chi connectivity index (χ2n) is 7.97. The number of nitrogens with zero attached hydrogens (tertiary/aromatic N) is 6. The summed E-state index contributed by atoms with van der Waals surface area (Å²) in [6.45, 7) is 3.27. The molecule has 4 aromatic rings. The largest absolute Gasteiger partial charge is 0.481 e. The number of anilines is 1. The lowest BCUT2D eigenvalue weighted by atomic mass is 10.2. The number of ether oxygens (including phenoxy) is 2. The van der Waals surface area contributed by atoms with Gasteiger partial charge in [0.15, 0.2) is 11.6 Å². The SMILES string of the molecule is COc1cccc(-c2nnc(NS(=O)(=O)C(C)C(OC)c3ncc(C)cn3)n2-c2ccc(F)cc2Cl)n1. The number of pyridine rings is 1. The number of hydrogen-bond acceptors (Lipinski definition) is 9. The smallest absolute Gasteiger partial charge is 0.243 e. The number of aryl methyl sites for hydroxylation is 1. The third kappa shape index (κ3) is 5.53. The Morgan fingerprint density at radius 2 is 1.84 bits per heavy atom. The van der Waals surface area contributed by atoms with Crippen LogP contribution in [-0.2, 0) is 14.8 Å². The van der Waals surface area contributed by atoms with E-state index in [0.29, 0.717) is 11.6 Å². The zero-order valence-corrected chi connectivity index (χ0v) is 21.8. The second-order valence-corrected chi connectivity index (χ2v) is 10.4. The summed E-state index contributed by atoms with van der Waals surface area (Å²) in [5.74, 6) is -0.119. The maximum Gasteiger partial charge on any atom is 0.243 e. The van der Waals surface area contributed by atoms with Crippen LogP contribution in [0.15, 0.2) is 48.8 Å². The average molecular weight is 548 g/mol. The van der Waals surface area contributed by atoms with Gasteiger partial charge in [0.05, 0.1) is 17.8 Å². The van der Waals surface area contributed by atoms with Gasteiger partial charge in [0.1, 0.15) is 22.9 Å². The Morgan fingerprint density at radius 1 is 1.11 bits per heavy atom. The molecule has 2 atom stereocenters. The Labute approximate surface area is 217 Å².